The molecule has 0 saturated heterocycles. The van der Waals surface area contributed by atoms with Crippen LogP contribution in [-0.4, -0.2) is 17.7 Å². The number of carbonyl (C=O) groups excluding carboxylic acids is 2. The first kappa shape index (κ1) is 10.7. The fraction of sp³-hybridized carbons (Fsp3) is 0.0667. The fourth-order valence-electron chi connectivity index (χ4n) is 2.06. The Hall–Kier alpha value is -2.42. The van der Waals surface area contributed by atoms with Crippen LogP contribution in [-0.2, 0) is 0 Å². The molecule has 2 aromatic carbocycles. The smallest absolute Gasteiger partial charge is 0.223 e. The number of ether oxygens (including phenoxy) is 1. The van der Waals surface area contributed by atoms with Crippen molar-refractivity contribution < 1.29 is 14.3 Å². The molecule has 0 heterocycles. The van der Waals surface area contributed by atoms with Crippen LogP contribution in [0.1, 0.15) is 20.7 Å². The molecule has 0 atom stereocenters. The summed E-state index contributed by atoms with van der Waals surface area (Å²) in [6, 6.07) is 15.7. The summed E-state index contributed by atoms with van der Waals surface area (Å²) in [4.78, 5) is 24.1. The molecule has 0 amide bonds. The van der Waals surface area contributed by atoms with Crippen molar-refractivity contribution in [2.45, 2.75) is 6.10 Å². The SMILES string of the molecule is O=C1c2ccccc2C(=O)C1Oc1ccccc1. The molecule has 3 heteroatoms. The van der Waals surface area contributed by atoms with E-state index < -0.39 is 6.10 Å². The van der Waals surface area contributed by atoms with Crippen molar-refractivity contribution >= 4 is 11.6 Å². The Morgan fingerprint density at radius 2 is 1.22 bits per heavy atom. The summed E-state index contributed by atoms with van der Waals surface area (Å²) in [5.74, 6) is -0.00378. The molecule has 0 aliphatic heterocycles. The summed E-state index contributed by atoms with van der Waals surface area (Å²) in [6.45, 7) is 0. The van der Waals surface area contributed by atoms with Gasteiger partial charge in [0.25, 0.3) is 0 Å². The molecule has 0 spiro atoms. The van der Waals surface area contributed by atoms with Crippen LogP contribution in [0, 0.1) is 0 Å². The van der Waals surface area contributed by atoms with Crippen molar-refractivity contribution in [1.82, 2.24) is 0 Å². The van der Waals surface area contributed by atoms with E-state index in [0.29, 0.717) is 16.9 Å². The zero-order valence-corrected chi connectivity index (χ0v) is 9.50. The zero-order valence-electron chi connectivity index (χ0n) is 9.50. The normalized spacial score (nSPS) is 14.7. The molecule has 3 nitrogen and oxygen atoms in total. The third-order valence-corrected chi connectivity index (χ3v) is 2.93. The van der Waals surface area contributed by atoms with Gasteiger partial charge in [0.1, 0.15) is 5.75 Å². The molecule has 88 valence electrons. The molecular formula is C15H10O3. The van der Waals surface area contributed by atoms with E-state index in [1.165, 1.54) is 0 Å². The highest BCUT2D eigenvalue weighted by molar-refractivity contribution is 6.28. The zero-order chi connectivity index (χ0) is 12.5. The first-order valence-electron chi connectivity index (χ1n) is 5.66. The van der Waals surface area contributed by atoms with E-state index in [2.05, 4.69) is 0 Å². The summed E-state index contributed by atoms with van der Waals surface area (Å²) in [7, 11) is 0. The molecule has 3 rings (SSSR count). The quantitative estimate of drug-likeness (QED) is 0.755. The van der Waals surface area contributed by atoms with Crippen LogP contribution >= 0.6 is 0 Å². The predicted molar refractivity (Wildman–Crippen MR) is 66.0 cm³/mol. The first-order valence-corrected chi connectivity index (χ1v) is 5.66. The van der Waals surface area contributed by atoms with E-state index >= 15 is 0 Å². The minimum absolute atomic E-state index is 0.264. The van der Waals surface area contributed by atoms with Crippen LogP contribution in [0.2, 0.25) is 0 Å². The van der Waals surface area contributed by atoms with Crippen molar-refractivity contribution in [2.75, 3.05) is 0 Å². The lowest BCUT2D eigenvalue weighted by Crippen LogP contribution is -2.28. The van der Waals surface area contributed by atoms with E-state index in [4.69, 9.17) is 4.74 Å². The number of carbonyl (C=O) groups is 2. The van der Waals surface area contributed by atoms with E-state index in [1.807, 2.05) is 6.07 Å². The standard InChI is InChI=1S/C15H10O3/c16-13-11-8-4-5-9-12(11)14(17)15(13)18-10-6-2-1-3-7-10/h1-9,15H. The van der Waals surface area contributed by atoms with E-state index in [-0.39, 0.29) is 11.6 Å². The van der Waals surface area contributed by atoms with Gasteiger partial charge in [0.15, 0.2) is 0 Å². The number of fused-ring (bicyclic) bond motifs is 1. The van der Waals surface area contributed by atoms with Crippen molar-refractivity contribution in [3.05, 3.63) is 65.7 Å². The number of ketones is 2. The van der Waals surface area contributed by atoms with E-state index in [1.54, 1.807) is 48.5 Å². The Morgan fingerprint density at radius 3 is 1.78 bits per heavy atom. The Kier molecular flexibility index (Phi) is 2.45. The molecule has 1 aliphatic carbocycles. The molecular weight excluding hydrogens is 228 g/mol. The highest BCUT2D eigenvalue weighted by Crippen LogP contribution is 2.25. The Morgan fingerprint density at radius 1 is 0.722 bits per heavy atom. The predicted octanol–water partition coefficient (Wildman–Crippen LogP) is 2.51. The molecule has 0 fully saturated rings. The third-order valence-electron chi connectivity index (χ3n) is 2.93. The van der Waals surface area contributed by atoms with Crippen molar-refractivity contribution in [2.24, 2.45) is 0 Å². The van der Waals surface area contributed by atoms with Gasteiger partial charge in [-0.25, -0.2) is 0 Å². The molecule has 0 aromatic heterocycles. The van der Waals surface area contributed by atoms with Gasteiger partial charge in [0.05, 0.1) is 0 Å². The summed E-state index contributed by atoms with van der Waals surface area (Å²) in [5, 5.41) is 0. The van der Waals surface area contributed by atoms with Gasteiger partial charge < -0.3 is 4.74 Å². The second-order valence-electron chi connectivity index (χ2n) is 4.09. The van der Waals surface area contributed by atoms with Crippen molar-refractivity contribution in [1.29, 1.82) is 0 Å². The maximum atomic E-state index is 12.1. The topological polar surface area (TPSA) is 43.4 Å². The lowest BCUT2D eigenvalue weighted by molar-refractivity contribution is 0.0705. The van der Waals surface area contributed by atoms with Crippen LogP contribution in [0.3, 0.4) is 0 Å². The summed E-state index contributed by atoms with van der Waals surface area (Å²) >= 11 is 0. The second-order valence-corrected chi connectivity index (χ2v) is 4.09. The minimum atomic E-state index is -1.04. The average molecular weight is 238 g/mol. The maximum absolute atomic E-state index is 12.1. The van der Waals surface area contributed by atoms with Crippen molar-refractivity contribution in [3.63, 3.8) is 0 Å². The monoisotopic (exact) mass is 238 g/mol. The highest BCUT2D eigenvalue weighted by Gasteiger charge is 2.40. The Labute approximate surface area is 104 Å². The van der Waals surface area contributed by atoms with E-state index in [9.17, 15) is 9.59 Å². The largest absolute Gasteiger partial charge is 0.474 e. The highest BCUT2D eigenvalue weighted by atomic mass is 16.5. The van der Waals surface area contributed by atoms with Gasteiger partial charge in [-0.05, 0) is 12.1 Å². The van der Waals surface area contributed by atoms with Gasteiger partial charge in [-0.15, -0.1) is 0 Å². The average Bonchev–Trinajstić information content (AvgIpc) is 2.66. The van der Waals surface area contributed by atoms with Crippen LogP contribution in [0.4, 0.5) is 0 Å². The first-order chi connectivity index (χ1) is 8.77. The Bertz CT molecular complexity index is 582. The van der Waals surface area contributed by atoms with Gasteiger partial charge in [0.2, 0.25) is 17.7 Å². The molecule has 0 radical (unpaired) electrons. The summed E-state index contributed by atoms with van der Waals surface area (Å²) in [6.07, 6.45) is -1.04. The van der Waals surface area contributed by atoms with Crippen LogP contribution in [0.15, 0.2) is 54.6 Å². The molecule has 2 aromatic rings. The van der Waals surface area contributed by atoms with Crippen LogP contribution in [0.25, 0.3) is 0 Å². The lowest BCUT2D eigenvalue weighted by atomic mass is 10.1. The summed E-state index contributed by atoms with van der Waals surface area (Å²) < 4.78 is 5.48. The lowest BCUT2D eigenvalue weighted by Gasteiger charge is -2.10. The van der Waals surface area contributed by atoms with Gasteiger partial charge >= 0.3 is 0 Å². The maximum Gasteiger partial charge on any atom is 0.223 e. The van der Waals surface area contributed by atoms with E-state index in [0.717, 1.165) is 0 Å². The molecule has 1 aliphatic rings. The van der Waals surface area contributed by atoms with Gasteiger partial charge in [-0.1, -0.05) is 42.5 Å². The third kappa shape index (κ3) is 1.61. The molecule has 0 saturated carbocycles. The summed E-state index contributed by atoms with van der Waals surface area (Å²) in [5.41, 5.74) is 0.895. The van der Waals surface area contributed by atoms with Gasteiger partial charge in [0, 0.05) is 11.1 Å². The molecule has 0 N–H and O–H groups in total. The number of rotatable bonds is 2. The van der Waals surface area contributed by atoms with Gasteiger partial charge in [-0.3, -0.25) is 9.59 Å². The number of hydrogen-bond donors (Lipinski definition) is 0. The van der Waals surface area contributed by atoms with Crippen LogP contribution in [0.5, 0.6) is 5.75 Å². The number of Topliss-reactive ketones (excluding diaryl/α,β-unsaturated/α-hetero) is 2. The van der Waals surface area contributed by atoms with Crippen molar-refractivity contribution in [3.8, 4) is 5.75 Å². The molecule has 18 heavy (non-hydrogen) atoms. The number of hydrogen-bond acceptors (Lipinski definition) is 3. The fourth-order valence-corrected chi connectivity index (χ4v) is 2.06. The van der Waals surface area contributed by atoms with Crippen LogP contribution < -0.4 is 4.74 Å². The van der Waals surface area contributed by atoms with Gasteiger partial charge in [-0.2, -0.15) is 0 Å². The Balaban J connectivity index is 1.93. The number of benzene rings is 2. The second kappa shape index (κ2) is 4.11. The minimum Gasteiger partial charge on any atom is -0.474 e. The molecule has 0 unspecified atom stereocenters. The number of para-hydroxylation sites is 1. The molecule has 0 bridgehead atoms.